The Morgan fingerprint density at radius 2 is 1.88 bits per heavy atom. The van der Waals surface area contributed by atoms with Crippen molar-refractivity contribution in [3.8, 4) is 11.5 Å². The number of halogens is 1. The van der Waals surface area contributed by atoms with Crippen LogP contribution >= 0.6 is 11.3 Å². The summed E-state index contributed by atoms with van der Waals surface area (Å²) in [4.78, 5) is 0.892. The molecule has 2 aromatic rings. The molecule has 0 aliphatic carbocycles. The molecule has 1 saturated heterocycles. The van der Waals surface area contributed by atoms with Crippen molar-refractivity contribution in [3.05, 3.63) is 46.2 Å². The molecule has 1 aliphatic heterocycles. The number of alkyl halides is 1. The van der Waals surface area contributed by atoms with Crippen LogP contribution < -0.4 is 9.47 Å². The Hall–Kier alpha value is -1.71. The SMILES string of the molecule is COc1ccc(Cc2sccc2O[C@@H]2O[C@H](CO)[C@H](F)[C@H](O)[C@H]2O)cc1. The highest BCUT2D eigenvalue weighted by atomic mass is 32.1. The van der Waals surface area contributed by atoms with Crippen LogP contribution in [0, 0.1) is 0 Å². The second-order valence-corrected chi connectivity index (χ2v) is 7.00. The van der Waals surface area contributed by atoms with Gasteiger partial charge in [0.15, 0.2) is 6.17 Å². The lowest BCUT2D eigenvalue weighted by atomic mass is 10.0. The van der Waals surface area contributed by atoms with Gasteiger partial charge in [0.05, 0.1) is 18.6 Å². The van der Waals surface area contributed by atoms with Gasteiger partial charge in [-0.05, 0) is 29.1 Å². The normalized spacial score (nSPS) is 28.7. The molecule has 0 bridgehead atoms. The standard InChI is InChI=1S/C18H21FO6S/c1-23-11-4-2-10(3-5-11)8-14-12(6-7-26-14)24-18-17(22)16(21)15(19)13(9-20)25-18/h2-7,13,15-18,20-22H,8-9H2,1H3/t13-,15+,16+,17-,18-/m1/s1. The fourth-order valence-electron chi connectivity index (χ4n) is 2.76. The number of methoxy groups -OCH3 is 1. The van der Waals surface area contributed by atoms with E-state index in [-0.39, 0.29) is 0 Å². The molecule has 1 aromatic carbocycles. The molecule has 142 valence electrons. The van der Waals surface area contributed by atoms with Crippen LogP contribution in [0.25, 0.3) is 0 Å². The van der Waals surface area contributed by atoms with Crippen LogP contribution in [-0.2, 0) is 11.2 Å². The molecule has 3 rings (SSSR count). The highest BCUT2D eigenvalue weighted by molar-refractivity contribution is 7.10. The maximum Gasteiger partial charge on any atom is 0.229 e. The molecular formula is C18H21FO6S. The molecule has 0 amide bonds. The van der Waals surface area contributed by atoms with E-state index in [2.05, 4.69) is 0 Å². The van der Waals surface area contributed by atoms with Crippen molar-refractivity contribution in [1.29, 1.82) is 0 Å². The zero-order valence-corrected chi connectivity index (χ0v) is 14.9. The molecule has 1 aromatic heterocycles. The van der Waals surface area contributed by atoms with Gasteiger partial charge in [-0.2, -0.15) is 0 Å². The number of rotatable bonds is 6. The average Bonchev–Trinajstić information content (AvgIpc) is 3.09. The third-order valence-corrected chi connectivity index (χ3v) is 5.17. The number of aliphatic hydroxyl groups excluding tert-OH is 3. The number of hydrogen-bond acceptors (Lipinski definition) is 7. The summed E-state index contributed by atoms with van der Waals surface area (Å²) in [5.74, 6) is 1.25. The molecule has 0 spiro atoms. The molecule has 0 radical (unpaired) electrons. The summed E-state index contributed by atoms with van der Waals surface area (Å²) in [5, 5.41) is 30.8. The fourth-order valence-corrected chi connectivity index (χ4v) is 3.59. The second kappa shape index (κ2) is 8.32. The van der Waals surface area contributed by atoms with E-state index in [1.54, 1.807) is 13.2 Å². The smallest absolute Gasteiger partial charge is 0.229 e. The van der Waals surface area contributed by atoms with Gasteiger partial charge < -0.3 is 29.5 Å². The monoisotopic (exact) mass is 384 g/mol. The summed E-state index contributed by atoms with van der Waals surface area (Å²) in [6.07, 6.45) is -7.04. The van der Waals surface area contributed by atoms with Crippen LogP contribution in [0.1, 0.15) is 10.4 Å². The Morgan fingerprint density at radius 1 is 1.15 bits per heavy atom. The van der Waals surface area contributed by atoms with Gasteiger partial charge in [-0.1, -0.05) is 12.1 Å². The Balaban J connectivity index is 1.71. The van der Waals surface area contributed by atoms with Crippen LogP contribution in [-0.4, -0.2) is 59.8 Å². The van der Waals surface area contributed by atoms with Crippen molar-refractivity contribution in [3.63, 3.8) is 0 Å². The van der Waals surface area contributed by atoms with Crippen LogP contribution in [0.2, 0.25) is 0 Å². The summed E-state index contributed by atoms with van der Waals surface area (Å²) >= 11 is 1.47. The third-order valence-electron chi connectivity index (χ3n) is 4.27. The molecule has 3 N–H and O–H groups in total. The van der Waals surface area contributed by atoms with Crippen molar-refractivity contribution >= 4 is 11.3 Å². The predicted molar refractivity (Wildman–Crippen MR) is 93.4 cm³/mol. The van der Waals surface area contributed by atoms with Crippen LogP contribution in [0.5, 0.6) is 11.5 Å². The highest BCUT2D eigenvalue weighted by Crippen LogP contribution is 2.32. The summed E-state index contributed by atoms with van der Waals surface area (Å²) in [5.41, 5.74) is 1.04. The number of aliphatic hydroxyl groups is 3. The molecular weight excluding hydrogens is 363 g/mol. The zero-order valence-electron chi connectivity index (χ0n) is 14.1. The van der Waals surface area contributed by atoms with Gasteiger partial charge in [-0.3, -0.25) is 0 Å². The van der Waals surface area contributed by atoms with Crippen molar-refractivity contribution in [2.45, 2.75) is 37.2 Å². The van der Waals surface area contributed by atoms with E-state index in [1.165, 1.54) is 11.3 Å². The number of ether oxygens (including phenoxy) is 3. The highest BCUT2D eigenvalue weighted by Gasteiger charge is 2.46. The molecule has 5 atom stereocenters. The Morgan fingerprint density at radius 3 is 2.54 bits per heavy atom. The van der Waals surface area contributed by atoms with Gasteiger partial charge in [-0.25, -0.2) is 4.39 Å². The van der Waals surface area contributed by atoms with Crippen molar-refractivity contribution in [1.82, 2.24) is 0 Å². The Kier molecular flexibility index (Phi) is 6.10. The zero-order chi connectivity index (χ0) is 18.7. The lowest BCUT2D eigenvalue weighted by Gasteiger charge is -2.38. The molecule has 8 heteroatoms. The van der Waals surface area contributed by atoms with Crippen molar-refractivity contribution < 1.29 is 33.9 Å². The molecule has 6 nitrogen and oxygen atoms in total. The lowest BCUT2D eigenvalue weighted by Crippen LogP contribution is -2.58. The van der Waals surface area contributed by atoms with E-state index >= 15 is 0 Å². The summed E-state index contributed by atoms with van der Waals surface area (Å²) < 4.78 is 29.9. The molecule has 1 aliphatic rings. The first kappa shape index (κ1) is 19.1. The molecule has 0 unspecified atom stereocenters. The number of thiophene rings is 1. The van der Waals surface area contributed by atoms with Crippen molar-refractivity contribution in [2.75, 3.05) is 13.7 Å². The number of hydrogen-bond donors (Lipinski definition) is 3. The van der Waals surface area contributed by atoms with Crippen molar-refractivity contribution in [2.24, 2.45) is 0 Å². The first-order chi connectivity index (χ1) is 12.5. The fraction of sp³-hybridized carbons (Fsp3) is 0.444. The minimum absolute atomic E-state index is 0.482. The Labute approximate surface area is 154 Å². The first-order valence-electron chi connectivity index (χ1n) is 8.16. The summed E-state index contributed by atoms with van der Waals surface area (Å²) in [6, 6.07) is 9.32. The van der Waals surface area contributed by atoms with Gasteiger partial charge in [-0.15, -0.1) is 11.3 Å². The molecule has 26 heavy (non-hydrogen) atoms. The maximum atomic E-state index is 13.8. The average molecular weight is 384 g/mol. The van der Waals surface area contributed by atoms with E-state index in [0.29, 0.717) is 12.2 Å². The molecule has 2 heterocycles. The van der Waals surface area contributed by atoms with Gasteiger partial charge >= 0.3 is 0 Å². The molecule has 0 saturated carbocycles. The van der Waals surface area contributed by atoms with Crippen LogP contribution in [0.15, 0.2) is 35.7 Å². The number of benzene rings is 1. The van der Waals surface area contributed by atoms with Gasteiger partial charge in [0.2, 0.25) is 6.29 Å². The van der Waals surface area contributed by atoms with Crippen LogP contribution in [0.3, 0.4) is 0 Å². The van der Waals surface area contributed by atoms with Crippen LogP contribution in [0.4, 0.5) is 4.39 Å². The summed E-state index contributed by atoms with van der Waals surface area (Å²) in [7, 11) is 1.60. The minimum atomic E-state index is -1.88. The summed E-state index contributed by atoms with van der Waals surface area (Å²) in [6.45, 7) is -0.618. The van der Waals surface area contributed by atoms with Gasteiger partial charge in [0, 0.05) is 6.42 Å². The maximum absolute atomic E-state index is 13.8. The minimum Gasteiger partial charge on any atom is -0.497 e. The van der Waals surface area contributed by atoms with E-state index in [9.17, 15) is 19.7 Å². The largest absolute Gasteiger partial charge is 0.497 e. The third kappa shape index (κ3) is 3.99. The first-order valence-corrected chi connectivity index (χ1v) is 9.04. The Bertz CT molecular complexity index is 704. The van der Waals surface area contributed by atoms with E-state index in [0.717, 1.165) is 16.2 Å². The van der Waals surface area contributed by atoms with E-state index in [1.807, 2.05) is 29.6 Å². The van der Waals surface area contributed by atoms with E-state index < -0.39 is 37.4 Å². The van der Waals surface area contributed by atoms with E-state index in [4.69, 9.17) is 14.2 Å². The lowest BCUT2D eigenvalue weighted by molar-refractivity contribution is -0.265. The topological polar surface area (TPSA) is 88.4 Å². The van der Waals surface area contributed by atoms with Gasteiger partial charge in [0.1, 0.15) is 29.8 Å². The van der Waals surface area contributed by atoms with Gasteiger partial charge in [0.25, 0.3) is 0 Å². The quantitative estimate of drug-likeness (QED) is 0.700. The second-order valence-electron chi connectivity index (χ2n) is 6.00. The molecule has 1 fully saturated rings. The predicted octanol–water partition coefficient (Wildman–Crippen LogP) is 1.50.